The highest BCUT2D eigenvalue weighted by Gasteiger charge is 2.15. The zero-order chi connectivity index (χ0) is 19.2. The Kier molecular flexibility index (Phi) is 5.68. The van der Waals surface area contributed by atoms with Crippen molar-refractivity contribution in [3.05, 3.63) is 70.5 Å². The third-order valence-electron chi connectivity index (χ3n) is 3.50. The molecular formula is C18H16ClN5O3. The number of rotatable bonds is 6. The van der Waals surface area contributed by atoms with Crippen molar-refractivity contribution < 1.29 is 14.3 Å². The summed E-state index contributed by atoms with van der Waals surface area (Å²) >= 11 is 6.12. The van der Waals surface area contributed by atoms with Gasteiger partial charge < -0.3 is 20.9 Å². The van der Waals surface area contributed by atoms with E-state index in [4.69, 9.17) is 32.5 Å². The van der Waals surface area contributed by atoms with Gasteiger partial charge in [-0.05, 0) is 18.2 Å². The van der Waals surface area contributed by atoms with Crippen LogP contribution in [-0.4, -0.2) is 20.9 Å². The number of benzene rings is 2. The van der Waals surface area contributed by atoms with Crippen molar-refractivity contribution in [3.63, 3.8) is 0 Å². The standard InChI is InChI=1S/C18H16ClN5O3/c19-13-7-3-1-5-11(13)9-26-14-8-4-2-6-12(14)16(25)27-10-15-22-17(20)24-18(21)23-15/h1-8H,9-10H2,(H4,20,21,22,23,24). The molecule has 2 aromatic carbocycles. The molecule has 0 aliphatic rings. The molecule has 0 bridgehead atoms. The van der Waals surface area contributed by atoms with E-state index >= 15 is 0 Å². The van der Waals surface area contributed by atoms with Crippen LogP contribution in [0, 0.1) is 0 Å². The predicted molar refractivity (Wildman–Crippen MR) is 100.0 cm³/mol. The second kappa shape index (κ2) is 8.33. The van der Waals surface area contributed by atoms with E-state index < -0.39 is 5.97 Å². The molecule has 0 atom stereocenters. The number of hydrogen-bond acceptors (Lipinski definition) is 8. The summed E-state index contributed by atoms with van der Waals surface area (Å²) in [6, 6.07) is 14.0. The topological polar surface area (TPSA) is 126 Å². The maximum atomic E-state index is 12.4. The highest BCUT2D eigenvalue weighted by molar-refractivity contribution is 6.31. The Morgan fingerprint density at radius 3 is 2.33 bits per heavy atom. The largest absolute Gasteiger partial charge is 0.488 e. The molecule has 0 amide bonds. The monoisotopic (exact) mass is 385 g/mol. The first-order valence-corrected chi connectivity index (χ1v) is 8.29. The summed E-state index contributed by atoms with van der Waals surface area (Å²) in [4.78, 5) is 23.8. The number of nitrogens with two attached hydrogens (primary N) is 2. The van der Waals surface area contributed by atoms with Crippen molar-refractivity contribution in [1.82, 2.24) is 15.0 Å². The van der Waals surface area contributed by atoms with Gasteiger partial charge in [-0.1, -0.05) is 41.9 Å². The molecule has 0 radical (unpaired) electrons. The van der Waals surface area contributed by atoms with E-state index in [0.29, 0.717) is 10.8 Å². The molecule has 138 valence electrons. The zero-order valence-corrected chi connectivity index (χ0v) is 14.9. The molecule has 0 fully saturated rings. The highest BCUT2D eigenvalue weighted by atomic mass is 35.5. The number of carbonyl (C=O) groups is 1. The zero-order valence-electron chi connectivity index (χ0n) is 14.1. The Balaban J connectivity index is 1.69. The van der Waals surface area contributed by atoms with Gasteiger partial charge in [0.1, 0.15) is 17.9 Å². The van der Waals surface area contributed by atoms with E-state index in [-0.39, 0.29) is 36.5 Å². The minimum atomic E-state index is -0.595. The number of nitrogen functional groups attached to an aromatic ring is 2. The van der Waals surface area contributed by atoms with E-state index in [1.807, 2.05) is 18.2 Å². The Labute approximate surface area is 160 Å². The normalized spacial score (nSPS) is 10.4. The SMILES string of the molecule is Nc1nc(N)nc(COC(=O)c2ccccc2OCc2ccccc2Cl)n1. The fourth-order valence-electron chi connectivity index (χ4n) is 2.26. The molecule has 0 spiro atoms. The second-order valence-electron chi connectivity index (χ2n) is 5.42. The summed E-state index contributed by atoms with van der Waals surface area (Å²) in [5, 5.41) is 0.586. The minimum absolute atomic E-state index is 0.0444. The van der Waals surface area contributed by atoms with Gasteiger partial charge in [-0.3, -0.25) is 0 Å². The number of nitrogens with zero attached hydrogens (tertiary/aromatic N) is 3. The lowest BCUT2D eigenvalue weighted by Gasteiger charge is -2.12. The Morgan fingerprint density at radius 2 is 1.59 bits per heavy atom. The molecule has 8 nitrogen and oxygen atoms in total. The maximum absolute atomic E-state index is 12.4. The highest BCUT2D eigenvalue weighted by Crippen LogP contribution is 2.23. The van der Waals surface area contributed by atoms with Crippen molar-refractivity contribution in [2.24, 2.45) is 0 Å². The minimum Gasteiger partial charge on any atom is -0.488 e. The first-order chi connectivity index (χ1) is 13.0. The van der Waals surface area contributed by atoms with Crippen molar-refractivity contribution in [1.29, 1.82) is 0 Å². The van der Waals surface area contributed by atoms with Crippen molar-refractivity contribution in [2.75, 3.05) is 11.5 Å². The van der Waals surface area contributed by atoms with E-state index in [0.717, 1.165) is 5.56 Å². The molecular weight excluding hydrogens is 370 g/mol. The lowest BCUT2D eigenvalue weighted by atomic mass is 10.2. The van der Waals surface area contributed by atoms with Crippen LogP contribution in [0.2, 0.25) is 5.02 Å². The third-order valence-corrected chi connectivity index (χ3v) is 3.87. The van der Waals surface area contributed by atoms with Crippen LogP contribution in [0.15, 0.2) is 48.5 Å². The van der Waals surface area contributed by atoms with Gasteiger partial charge in [0.05, 0.1) is 0 Å². The van der Waals surface area contributed by atoms with Crippen LogP contribution >= 0.6 is 11.6 Å². The van der Waals surface area contributed by atoms with E-state index in [1.54, 1.807) is 30.3 Å². The number of hydrogen-bond donors (Lipinski definition) is 2. The lowest BCUT2D eigenvalue weighted by Crippen LogP contribution is -2.12. The van der Waals surface area contributed by atoms with Gasteiger partial charge in [0.25, 0.3) is 0 Å². The quantitative estimate of drug-likeness (QED) is 0.620. The summed E-state index contributed by atoms with van der Waals surface area (Å²) in [6.07, 6.45) is 0. The van der Waals surface area contributed by atoms with Crippen LogP contribution in [-0.2, 0) is 18.0 Å². The Morgan fingerprint density at radius 1 is 0.926 bits per heavy atom. The van der Waals surface area contributed by atoms with Crippen molar-refractivity contribution >= 4 is 29.5 Å². The maximum Gasteiger partial charge on any atom is 0.342 e. The van der Waals surface area contributed by atoms with Gasteiger partial charge >= 0.3 is 5.97 Å². The summed E-state index contributed by atoms with van der Waals surface area (Å²) in [7, 11) is 0. The van der Waals surface area contributed by atoms with Crippen LogP contribution in [0.4, 0.5) is 11.9 Å². The third kappa shape index (κ3) is 4.83. The molecule has 3 rings (SSSR count). The average Bonchev–Trinajstić information content (AvgIpc) is 2.65. The summed E-state index contributed by atoms with van der Waals surface area (Å²) in [6.45, 7) is 0.0130. The van der Waals surface area contributed by atoms with Crippen LogP contribution in [0.25, 0.3) is 0 Å². The molecule has 1 aromatic heterocycles. The molecule has 3 aromatic rings. The molecule has 0 saturated heterocycles. The summed E-state index contributed by atoms with van der Waals surface area (Å²) in [5.74, 6) is -0.156. The number of anilines is 2. The number of halogens is 1. The Hall–Kier alpha value is -3.39. The van der Waals surface area contributed by atoms with Gasteiger partial charge in [-0.2, -0.15) is 15.0 Å². The summed E-state index contributed by atoms with van der Waals surface area (Å²) in [5.41, 5.74) is 12.1. The number of esters is 1. The molecule has 0 saturated carbocycles. The van der Waals surface area contributed by atoms with Crippen LogP contribution in [0.3, 0.4) is 0 Å². The fourth-order valence-corrected chi connectivity index (χ4v) is 2.45. The van der Waals surface area contributed by atoms with Gasteiger partial charge in [-0.25, -0.2) is 4.79 Å². The van der Waals surface area contributed by atoms with Crippen LogP contribution in [0.1, 0.15) is 21.7 Å². The van der Waals surface area contributed by atoms with Gasteiger partial charge in [0.2, 0.25) is 11.9 Å². The number of ether oxygens (including phenoxy) is 2. The molecule has 0 aliphatic carbocycles. The lowest BCUT2D eigenvalue weighted by molar-refractivity contribution is 0.0457. The molecule has 27 heavy (non-hydrogen) atoms. The van der Waals surface area contributed by atoms with E-state index in [9.17, 15) is 4.79 Å². The number of para-hydroxylation sites is 1. The fraction of sp³-hybridized carbons (Fsp3) is 0.111. The average molecular weight is 386 g/mol. The predicted octanol–water partition coefficient (Wildman–Crippen LogP) is 2.63. The molecule has 9 heteroatoms. The van der Waals surface area contributed by atoms with E-state index in [1.165, 1.54) is 0 Å². The van der Waals surface area contributed by atoms with Gasteiger partial charge in [0.15, 0.2) is 12.4 Å². The van der Waals surface area contributed by atoms with Crippen LogP contribution < -0.4 is 16.2 Å². The number of carbonyl (C=O) groups excluding carboxylic acids is 1. The van der Waals surface area contributed by atoms with Crippen molar-refractivity contribution in [2.45, 2.75) is 13.2 Å². The molecule has 0 unspecified atom stereocenters. The van der Waals surface area contributed by atoms with Crippen LogP contribution in [0.5, 0.6) is 5.75 Å². The Bertz CT molecular complexity index is 947. The van der Waals surface area contributed by atoms with Gasteiger partial charge in [0, 0.05) is 10.6 Å². The smallest absolute Gasteiger partial charge is 0.342 e. The summed E-state index contributed by atoms with van der Waals surface area (Å²) < 4.78 is 11.0. The first kappa shape index (κ1) is 18.4. The second-order valence-corrected chi connectivity index (χ2v) is 5.83. The number of aromatic nitrogens is 3. The molecule has 4 N–H and O–H groups in total. The van der Waals surface area contributed by atoms with E-state index in [2.05, 4.69) is 15.0 Å². The van der Waals surface area contributed by atoms with Crippen molar-refractivity contribution in [3.8, 4) is 5.75 Å². The molecule has 0 aliphatic heterocycles. The molecule has 1 heterocycles. The first-order valence-electron chi connectivity index (χ1n) is 7.91. The van der Waals surface area contributed by atoms with Gasteiger partial charge in [-0.15, -0.1) is 0 Å².